The number of fused-ring (bicyclic) bond motifs is 9. The van der Waals surface area contributed by atoms with Gasteiger partial charge in [0.2, 0.25) is 0 Å². The monoisotopic (exact) mass is 575 g/mol. The number of para-hydroxylation sites is 1. The fourth-order valence-electron chi connectivity index (χ4n) is 7.73. The third-order valence-corrected chi connectivity index (χ3v) is 9.96. The van der Waals surface area contributed by atoms with E-state index >= 15 is 0 Å². The first kappa shape index (κ1) is 26.0. The van der Waals surface area contributed by atoms with Gasteiger partial charge >= 0.3 is 0 Å². The number of hydrogen-bond donors (Lipinski definition) is 0. The van der Waals surface area contributed by atoms with E-state index in [1.165, 1.54) is 87.6 Å². The second kappa shape index (κ2) is 10.1. The molecule has 1 aromatic heterocycles. The van der Waals surface area contributed by atoms with E-state index in [1.807, 2.05) is 0 Å². The fraction of sp³-hybridized carbons (Fsp3) is 0.0909. The molecule has 1 heterocycles. The summed E-state index contributed by atoms with van der Waals surface area (Å²) in [7, 11) is 0. The molecular weight excluding hydrogens is 542 g/mol. The molecule has 0 saturated heterocycles. The molecule has 45 heavy (non-hydrogen) atoms. The van der Waals surface area contributed by atoms with Crippen LogP contribution >= 0.6 is 0 Å². The molecule has 1 unspecified atom stereocenters. The molecule has 1 atom stereocenters. The van der Waals surface area contributed by atoms with Crippen molar-refractivity contribution in [2.24, 2.45) is 5.92 Å². The SMILES string of the molecule is Cc1cc(-c2ccc3c(c2)c2ccccc2n3-c2ccc3c4ccccc4c4ccccc4c3c2)ccc1C1=CC=CCC1C. The van der Waals surface area contributed by atoms with Crippen molar-refractivity contribution in [1.82, 2.24) is 4.57 Å². The maximum atomic E-state index is 2.44. The first-order valence-electron chi connectivity index (χ1n) is 16.0. The number of aryl methyl sites for hydroxylation is 1. The zero-order chi connectivity index (χ0) is 30.1. The van der Waals surface area contributed by atoms with E-state index in [9.17, 15) is 0 Å². The van der Waals surface area contributed by atoms with Gasteiger partial charge in [0.25, 0.3) is 0 Å². The molecule has 0 aliphatic heterocycles. The Bertz CT molecular complexity index is 2500. The van der Waals surface area contributed by atoms with Crippen LogP contribution in [-0.2, 0) is 0 Å². The molecule has 9 rings (SSSR count). The Hall–Kier alpha value is -5.40. The van der Waals surface area contributed by atoms with Crippen LogP contribution in [0.5, 0.6) is 0 Å². The predicted octanol–water partition coefficient (Wildman–Crippen LogP) is 12.2. The van der Waals surface area contributed by atoms with E-state index in [0.717, 1.165) is 6.42 Å². The molecule has 8 aromatic rings. The van der Waals surface area contributed by atoms with E-state index in [1.54, 1.807) is 0 Å². The molecule has 0 N–H and O–H groups in total. The highest BCUT2D eigenvalue weighted by atomic mass is 15.0. The summed E-state index contributed by atoms with van der Waals surface area (Å²) in [5, 5.41) is 10.4. The van der Waals surface area contributed by atoms with Crippen LogP contribution < -0.4 is 0 Å². The minimum absolute atomic E-state index is 0.550. The van der Waals surface area contributed by atoms with Crippen LogP contribution in [0.4, 0.5) is 0 Å². The predicted molar refractivity (Wildman–Crippen MR) is 194 cm³/mol. The summed E-state index contributed by atoms with van der Waals surface area (Å²) in [6.45, 7) is 4.58. The Morgan fingerprint density at radius 3 is 1.84 bits per heavy atom. The van der Waals surface area contributed by atoms with Crippen molar-refractivity contribution in [3.8, 4) is 16.8 Å². The second-order valence-electron chi connectivity index (χ2n) is 12.6. The van der Waals surface area contributed by atoms with Crippen LogP contribution in [0.3, 0.4) is 0 Å². The highest BCUT2D eigenvalue weighted by Crippen LogP contribution is 2.40. The summed E-state index contributed by atoms with van der Waals surface area (Å²) < 4.78 is 2.44. The van der Waals surface area contributed by atoms with Crippen molar-refractivity contribution < 1.29 is 0 Å². The topological polar surface area (TPSA) is 4.93 Å². The van der Waals surface area contributed by atoms with Crippen LogP contribution in [0.25, 0.3) is 76.5 Å². The van der Waals surface area contributed by atoms with Gasteiger partial charge < -0.3 is 4.57 Å². The lowest BCUT2D eigenvalue weighted by atomic mass is 9.85. The molecule has 214 valence electrons. The molecule has 0 bridgehead atoms. The summed E-state index contributed by atoms with van der Waals surface area (Å²) in [6.07, 6.45) is 7.87. The van der Waals surface area contributed by atoms with E-state index in [-0.39, 0.29) is 0 Å². The molecule has 1 aliphatic carbocycles. The van der Waals surface area contributed by atoms with Gasteiger partial charge in [-0.3, -0.25) is 0 Å². The van der Waals surface area contributed by atoms with Gasteiger partial charge in [-0.2, -0.15) is 0 Å². The van der Waals surface area contributed by atoms with Gasteiger partial charge in [-0.25, -0.2) is 0 Å². The average molecular weight is 576 g/mol. The molecular formula is C44H33N. The first-order valence-corrected chi connectivity index (χ1v) is 16.0. The lowest BCUT2D eigenvalue weighted by molar-refractivity contribution is 0.758. The minimum Gasteiger partial charge on any atom is -0.309 e. The summed E-state index contributed by atoms with van der Waals surface area (Å²) in [4.78, 5) is 0. The van der Waals surface area contributed by atoms with E-state index in [2.05, 4.69) is 164 Å². The van der Waals surface area contributed by atoms with Gasteiger partial charge in [-0.1, -0.05) is 122 Å². The zero-order valence-electron chi connectivity index (χ0n) is 25.6. The van der Waals surface area contributed by atoms with Crippen LogP contribution in [0.2, 0.25) is 0 Å². The Labute approximate surface area is 263 Å². The highest BCUT2D eigenvalue weighted by molar-refractivity contribution is 6.25. The Kier molecular flexibility index (Phi) is 5.83. The number of allylic oxidation sites excluding steroid dienone is 4. The van der Waals surface area contributed by atoms with Crippen LogP contribution in [0.1, 0.15) is 24.5 Å². The van der Waals surface area contributed by atoms with Crippen molar-refractivity contribution in [2.75, 3.05) is 0 Å². The molecule has 1 aliphatic rings. The molecule has 0 spiro atoms. The molecule has 1 nitrogen and oxygen atoms in total. The Balaban J connectivity index is 1.23. The molecule has 0 amide bonds. The number of nitrogens with zero attached hydrogens (tertiary/aromatic N) is 1. The third kappa shape index (κ3) is 4.01. The van der Waals surface area contributed by atoms with E-state index in [4.69, 9.17) is 0 Å². The lowest BCUT2D eigenvalue weighted by Crippen LogP contribution is -2.02. The van der Waals surface area contributed by atoms with Gasteiger partial charge in [0, 0.05) is 16.5 Å². The highest BCUT2D eigenvalue weighted by Gasteiger charge is 2.17. The molecule has 1 heteroatoms. The van der Waals surface area contributed by atoms with Crippen molar-refractivity contribution in [1.29, 1.82) is 0 Å². The Morgan fingerprint density at radius 2 is 1.13 bits per heavy atom. The van der Waals surface area contributed by atoms with Crippen LogP contribution in [-0.4, -0.2) is 4.57 Å². The molecule has 0 fully saturated rings. The number of aromatic nitrogens is 1. The summed E-state index contributed by atoms with van der Waals surface area (Å²) in [5.74, 6) is 0.550. The second-order valence-corrected chi connectivity index (χ2v) is 12.6. The zero-order valence-corrected chi connectivity index (χ0v) is 25.6. The van der Waals surface area contributed by atoms with E-state index in [0.29, 0.717) is 5.92 Å². The fourth-order valence-corrected chi connectivity index (χ4v) is 7.73. The van der Waals surface area contributed by atoms with Crippen LogP contribution in [0, 0.1) is 12.8 Å². The quantitative estimate of drug-likeness (QED) is 0.185. The molecule has 0 radical (unpaired) electrons. The lowest BCUT2D eigenvalue weighted by Gasteiger charge is -2.20. The third-order valence-electron chi connectivity index (χ3n) is 9.96. The van der Waals surface area contributed by atoms with Crippen molar-refractivity contribution >= 4 is 59.7 Å². The van der Waals surface area contributed by atoms with E-state index < -0.39 is 0 Å². The Morgan fingerprint density at radius 1 is 0.533 bits per heavy atom. The molecule has 0 saturated carbocycles. The largest absolute Gasteiger partial charge is 0.309 e. The van der Waals surface area contributed by atoms with Gasteiger partial charge in [0.05, 0.1) is 11.0 Å². The number of benzene rings is 7. The summed E-state index contributed by atoms with van der Waals surface area (Å²) in [5.41, 5.74) is 10.3. The standard InChI is InChI=1S/C44H33N/c1-28-11-3-4-12-33(28)34-22-19-30(25-29(34)2)31-20-24-44-42(26-31)40-17-9-10-18-43(40)45(44)32-21-23-39-37-15-6-5-13-35(37)36-14-7-8-16-38(36)41(39)27-32/h3-10,12-28H,11H2,1-2H3. The maximum Gasteiger partial charge on any atom is 0.0541 e. The number of rotatable bonds is 3. The average Bonchev–Trinajstić information content (AvgIpc) is 3.42. The summed E-state index contributed by atoms with van der Waals surface area (Å²) >= 11 is 0. The number of hydrogen-bond acceptors (Lipinski definition) is 0. The van der Waals surface area contributed by atoms with Crippen molar-refractivity contribution in [2.45, 2.75) is 20.3 Å². The first-order chi connectivity index (χ1) is 22.2. The van der Waals surface area contributed by atoms with Crippen molar-refractivity contribution in [3.05, 3.63) is 157 Å². The van der Waals surface area contributed by atoms with Gasteiger partial charge in [-0.05, 0) is 110 Å². The van der Waals surface area contributed by atoms with Crippen molar-refractivity contribution in [3.63, 3.8) is 0 Å². The molecule has 7 aromatic carbocycles. The minimum atomic E-state index is 0.550. The van der Waals surface area contributed by atoms with Gasteiger partial charge in [0.1, 0.15) is 0 Å². The van der Waals surface area contributed by atoms with Gasteiger partial charge in [-0.15, -0.1) is 0 Å². The normalized spacial score (nSPS) is 15.1. The smallest absolute Gasteiger partial charge is 0.0541 e. The summed E-state index contributed by atoms with van der Waals surface area (Å²) in [6, 6.07) is 47.4. The van der Waals surface area contributed by atoms with Gasteiger partial charge in [0.15, 0.2) is 0 Å². The maximum absolute atomic E-state index is 2.44. The van der Waals surface area contributed by atoms with Crippen LogP contribution in [0.15, 0.2) is 146 Å².